The summed E-state index contributed by atoms with van der Waals surface area (Å²) in [6.45, 7) is 4.64. The Morgan fingerprint density at radius 2 is 2.25 bits per heavy atom. The van der Waals surface area contributed by atoms with Crippen LogP contribution in [0.15, 0.2) is 0 Å². The summed E-state index contributed by atoms with van der Waals surface area (Å²) in [4.78, 5) is 0. The summed E-state index contributed by atoms with van der Waals surface area (Å²) in [6.07, 6.45) is 2.65. The van der Waals surface area contributed by atoms with Crippen LogP contribution in [0.4, 0.5) is 0 Å². The molecule has 1 radical (unpaired) electrons. The van der Waals surface area contributed by atoms with E-state index >= 15 is 0 Å². The molecule has 1 atom stereocenters. The topological polar surface area (TPSA) is 26.3 Å². The van der Waals surface area contributed by atoms with Crippen molar-refractivity contribution in [1.82, 2.24) is 0 Å². The minimum atomic E-state index is 0.296. The van der Waals surface area contributed by atoms with Gasteiger partial charge in [-0.15, -0.1) is 0 Å². The molecule has 0 aromatic carbocycles. The molecule has 0 aromatic heterocycles. The van der Waals surface area contributed by atoms with E-state index in [0.717, 1.165) is 33.4 Å². The van der Waals surface area contributed by atoms with Crippen molar-refractivity contribution in [3.63, 3.8) is 0 Å². The Balaban J connectivity index is 0.000000222. The molecule has 0 aromatic rings. The Bertz CT molecular complexity index is 52.4. The first-order chi connectivity index (χ1) is 3.89. The molecule has 0 N–H and O–H groups in total. The number of hydrogen-bond donors (Lipinski definition) is 0. The SMILES string of the molecule is [CH2]C1CCCO1.[O]=[Ti]. The maximum atomic E-state index is 8.25. The number of ether oxygens (including phenoxy) is 1. The van der Waals surface area contributed by atoms with Gasteiger partial charge in [-0.1, -0.05) is 0 Å². The molecule has 0 bridgehead atoms. The zero-order chi connectivity index (χ0) is 6.41. The Morgan fingerprint density at radius 3 is 2.38 bits per heavy atom. The first-order valence-corrected chi connectivity index (χ1v) is 3.18. The summed E-state index contributed by atoms with van der Waals surface area (Å²) in [5.74, 6) is 0. The van der Waals surface area contributed by atoms with Gasteiger partial charge in [0.2, 0.25) is 0 Å². The molecule has 0 aliphatic carbocycles. The normalized spacial score (nSPS) is 26.2. The van der Waals surface area contributed by atoms with Crippen LogP contribution in [0.3, 0.4) is 0 Å². The van der Waals surface area contributed by atoms with Gasteiger partial charge in [-0.3, -0.25) is 0 Å². The fourth-order valence-electron chi connectivity index (χ4n) is 0.644. The van der Waals surface area contributed by atoms with E-state index in [0.29, 0.717) is 6.10 Å². The van der Waals surface area contributed by atoms with Crippen LogP contribution in [0, 0.1) is 6.92 Å². The van der Waals surface area contributed by atoms with Gasteiger partial charge in [-0.2, -0.15) is 0 Å². The van der Waals surface area contributed by atoms with E-state index in [2.05, 4.69) is 6.92 Å². The zero-order valence-corrected chi connectivity index (χ0v) is 6.28. The van der Waals surface area contributed by atoms with Gasteiger partial charge in [0.15, 0.2) is 0 Å². The fourth-order valence-corrected chi connectivity index (χ4v) is 0.644. The predicted octanol–water partition coefficient (Wildman–Crippen LogP) is 0.878. The molecule has 0 saturated carbocycles. The minimum absolute atomic E-state index is 0.296. The molecule has 1 heterocycles. The van der Waals surface area contributed by atoms with Gasteiger partial charge in [-0.25, -0.2) is 0 Å². The predicted molar refractivity (Wildman–Crippen MR) is 25.0 cm³/mol. The molecular formula is C5H9O2Ti. The van der Waals surface area contributed by atoms with Crippen molar-refractivity contribution in [3.8, 4) is 0 Å². The van der Waals surface area contributed by atoms with Gasteiger partial charge >= 0.3 is 23.7 Å². The molecule has 3 heteroatoms. The Kier molecular flexibility index (Phi) is 5.94. The Labute approximate surface area is 61.3 Å². The van der Waals surface area contributed by atoms with Crippen molar-refractivity contribution in [2.24, 2.45) is 0 Å². The molecular weight excluding hydrogens is 140 g/mol. The van der Waals surface area contributed by atoms with E-state index in [-0.39, 0.29) is 0 Å². The summed E-state index contributed by atoms with van der Waals surface area (Å²) < 4.78 is 13.3. The van der Waals surface area contributed by atoms with Gasteiger partial charge < -0.3 is 4.74 Å². The van der Waals surface area contributed by atoms with Gasteiger partial charge in [0, 0.05) is 6.61 Å². The van der Waals surface area contributed by atoms with Crippen LogP contribution in [-0.4, -0.2) is 12.7 Å². The Hall–Kier alpha value is 0.474. The van der Waals surface area contributed by atoms with Gasteiger partial charge in [0.1, 0.15) is 0 Å². The van der Waals surface area contributed by atoms with Crippen molar-refractivity contribution < 1.29 is 28.5 Å². The van der Waals surface area contributed by atoms with Crippen LogP contribution < -0.4 is 0 Å². The molecule has 0 spiro atoms. The van der Waals surface area contributed by atoms with Crippen molar-refractivity contribution in [3.05, 3.63) is 6.92 Å². The fraction of sp³-hybridized carbons (Fsp3) is 0.800. The van der Waals surface area contributed by atoms with Crippen molar-refractivity contribution >= 4 is 0 Å². The van der Waals surface area contributed by atoms with E-state index in [1.54, 1.807) is 0 Å². The van der Waals surface area contributed by atoms with Crippen LogP contribution in [0.1, 0.15) is 12.8 Å². The maximum absolute atomic E-state index is 8.25. The standard InChI is InChI=1S/C5H9O.O.Ti/c1-5-3-2-4-6-5;;/h5H,1-4H2;;. The third kappa shape index (κ3) is 3.47. The summed E-state index contributed by atoms with van der Waals surface area (Å²) in [5.41, 5.74) is 0. The van der Waals surface area contributed by atoms with E-state index in [1.165, 1.54) is 6.42 Å². The second kappa shape index (κ2) is 5.61. The van der Waals surface area contributed by atoms with Crippen molar-refractivity contribution in [2.45, 2.75) is 18.9 Å². The van der Waals surface area contributed by atoms with Crippen LogP contribution >= 0.6 is 0 Å². The van der Waals surface area contributed by atoms with Crippen LogP contribution in [-0.2, 0) is 28.5 Å². The van der Waals surface area contributed by atoms with Crippen LogP contribution in [0.25, 0.3) is 0 Å². The first kappa shape index (κ1) is 8.47. The molecule has 1 unspecified atom stereocenters. The second-order valence-corrected chi connectivity index (χ2v) is 1.64. The van der Waals surface area contributed by atoms with E-state index in [4.69, 9.17) is 8.06 Å². The molecule has 45 valence electrons. The Morgan fingerprint density at radius 1 is 1.62 bits per heavy atom. The summed E-state index contributed by atoms with van der Waals surface area (Å²) >= 11 is 0.750. The number of hydrogen-bond acceptors (Lipinski definition) is 2. The summed E-state index contributed by atoms with van der Waals surface area (Å²) in [7, 11) is 0. The van der Waals surface area contributed by atoms with Crippen LogP contribution in [0.2, 0.25) is 0 Å². The molecule has 8 heavy (non-hydrogen) atoms. The molecule has 1 fully saturated rings. The molecule has 1 aliphatic heterocycles. The average Bonchev–Trinajstić information content (AvgIpc) is 2.24. The second-order valence-electron chi connectivity index (χ2n) is 1.64. The number of rotatable bonds is 0. The third-order valence-electron chi connectivity index (χ3n) is 1.02. The molecule has 1 saturated heterocycles. The van der Waals surface area contributed by atoms with E-state index < -0.39 is 0 Å². The zero-order valence-electron chi connectivity index (χ0n) is 4.72. The third-order valence-corrected chi connectivity index (χ3v) is 1.02. The van der Waals surface area contributed by atoms with Gasteiger partial charge in [-0.05, 0) is 19.8 Å². The van der Waals surface area contributed by atoms with E-state index in [1.807, 2.05) is 0 Å². The molecule has 1 rings (SSSR count). The van der Waals surface area contributed by atoms with Gasteiger partial charge in [0.25, 0.3) is 0 Å². The molecule has 1 aliphatic rings. The molecule has 2 nitrogen and oxygen atoms in total. The summed E-state index contributed by atoms with van der Waals surface area (Å²) in [5, 5.41) is 0. The first-order valence-electron chi connectivity index (χ1n) is 2.54. The van der Waals surface area contributed by atoms with Crippen molar-refractivity contribution in [1.29, 1.82) is 0 Å². The monoisotopic (exact) mass is 149 g/mol. The molecule has 0 amide bonds. The average molecular weight is 149 g/mol. The van der Waals surface area contributed by atoms with Gasteiger partial charge in [0.05, 0.1) is 6.10 Å². The summed E-state index contributed by atoms with van der Waals surface area (Å²) in [6, 6.07) is 0. The van der Waals surface area contributed by atoms with E-state index in [9.17, 15) is 0 Å². The quantitative estimate of drug-likeness (QED) is 0.478. The van der Waals surface area contributed by atoms with Crippen LogP contribution in [0.5, 0.6) is 0 Å². The van der Waals surface area contributed by atoms with Crippen molar-refractivity contribution in [2.75, 3.05) is 6.61 Å².